The van der Waals surface area contributed by atoms with Crippen LogP contribution < -0.4 is 0 Å². The van der Waals surface area contributed by atoms with Crippen LogP contribution in [0.4, 0.5) is 8.78 Å². The van der Waals surface area contributed by atoms with E-state index in [0.29, 0.717) is 16.5 Å². The van der Waals surface area contributed by atoms with Gasteiger partial charge in [0.25, 0.3) is 0 Å². The largest absolute Gasteiger partial charge is 0.204 e. The number of benzene rings is 1. The first-order valence-electron chi connectivity index (χ1n) is 5.85. The molecule has 0 saturated carbocycles. The molecule has 1 aromatic carbocycles. The molecule has 0 spiro atoms. The molecule has 2 aromatic heterocycles. The molecule has 0 atom stereocenters. The van der Waals surface area contributed by atoms with Gasteiger partial charge in [-0.3, -0.25) is 0 Å². The maximum absolute atomic E-state index is 13.5. The zero-order chi connectivity index (χ0) is 14.4. The van der Waals surface area contributed by atoms with Crippen LogP contribution in [-0.4, -0.2) is 10.2 Å². The van der Waals surface area contributed by atoms with Crippen LogP contribution in [0.5, 0.6) is 0 Å². The minimum atomic E-state index is -0.948. The summed E-state index contributed by atoms with van der Waals surface area (Å²) in [4.78, 5) is 2.16. The van der Waals surface area contributed by atoms with E-state index in [1.807, 2.05) is 19.9 Å². The van der Waals surface area contributed by atoms with Gasteiger partial charge in [-0.1, -0.05) is 11.6 Å². The second-order valence-corrected chi connectivity index (χ2v) is 6.30. The zero-order valence-corrected chi connectivity index (χ0v) is 12.2. The number of hydrogen-bond acceptors (Lipinski definition) is 3. The highest BCUT2D eigenvalue weighted by molar-refractivity contribution is 7.12. The van der Waals surface area contributed by atoms with Crippen molar-refractivity contribution in [3.8, 4) is 11.3 Å². The van der Waals surface area contributed by atoms with E-state index in [2.05, 4.69) is 10.2 Å². The minimum Gasteiger partial charge on any atom is -0.204 e. The van der Waals surface area contributed by atoms with Gasteiger partial charge in [-0.2, -0.15) is 0 Å². The van der Waals surface area contributed by atoms with E-state index in [0.717, 1.165) is 27.5 Å². The van der Waals surface area contributed by atoms with E-state index in [9.17, 15) is 8.78 Å². The average molecular weight is 311 g/mol. The molecule has 2 heterocycles. The normalized spacial score (nSPS) is 11.2. The Balaban J connectivity index is 2.40. The molecule has 102 valence electrons. The quantitative estimate of drug-likeness (QED) is 0.638. The van der Waals surface area contributed by atoms with Crippen LogP contribution >= 0.6 is 22.9 Å². The third-order valence-electron chi connectivity index (χ3n) is 3.07. The highest BCUT2D eigenvalue weighted by Crippen LogP contribution is 2.35. The molecule has 0 aliphatic rings. The van der Waals surface area contributed by atoms with Crippen LogP contribution in [0.15, 0.2) is 18.2 Å². The van der Waals surface area contributed by atoms with Gasteiger partial charge in [0, 0.05) is 26.1 Å². The summed E-state index contributed by atoms with van der Waals surface area (Å²) in [5.74, 6) is -1.87. The fraction of sp³-hybridized carbons (Fsp3) is 0.143. The number of nitrogens with zero attached hydrogens (tertiary/aromatic N) is 2. The monoisotopic (exact) mass is 310 g/mol. The van der Waals surface area contributed by atoms with Crippen LogP contribution in [0.1, 0.15) is 9.75 Å². The molecule has 0 radical (unpaired) electrons. The van der Waals surface area contributed by atoms with E-state index in [4.69, 9.17) is 11.6 Å². The topological polar surface area (TPSA) is 25.8 Å². The van der Waals surface area contributed by atoms with Gasteiger partial charge >= 0.3 is 0 Å². The SMILES string of the molecule is Cc1cc(-c2nnc(Cl)c3cc(F)c(F)cc23)c(C)s1. The second kappa shape index (κ2) is 4.75. The van der Waals surface area contributed by atoms with Crippen LogP contribution in [0.3, 0.4) is 0 Å². The van der Waals surface area contributed by atoms with Crippen molar-refractivity contribution in [3.63, 3.8) is 0 Å². The Morgan fingerprint density at radius 1 is 1.00 bits per heavy atom. The molecular weight excluding hydrogens is 302 g/mol. The van der Waals surface area contributed by atoms with Crippen molar-refractivity contribution < 1.29 is 8.78 Å². The van der Waals surface area contributed by atoms with Crippen molar-refractivity contribution in [3.05, 3.63) is 44.7 Å². The van der Waals surface area contributed by atoms with Crippen molar-refractivity contribution in [2.75, 3.05) is 0 Å². The highest BCUT2D eigenvalue weighted by Gasteiger charge is 2.16. The number of hydrogen-bond donors (Lipinski definition) is 0. The number of rotatable bonds is 1. The summed E-state index contributed by atoms with van der Waals surface area (Å²) in [5, 5.41) is 8.78. The summed E-state index contributed by atoms with van der Waals surface area (Å²) in [7, 11) is 0. The van der Waals surface area contributed by atoms with Gasteiger partial charge in [0.2, 0.25) is 0 Å². The third-order valence-corrected chi connectivity index (χ3v) is 4.32. The number of aryl methyl sites for hydroxylation is 2. The van der Waals surface area contributed by atoms with Crippen molar-refractivity contribution >= 4 is 33.7 Å². The summed E-state index contributed by atoms with van der Waals surface area (Å²) in [6.07, 6.45) is 0. The van der Waals surface area contributed by atoms with Crippen LogP contribution in [0.2, 0.25) is 5.15 Å². The van der Waals surface area contributed by atoms with Crippen molar-refractivity contribution in [1.82, 2.24) is 10.2 Å². The predicted octanol–water partition coefficient (Wildman–Crippen LogP) is 4.91. The Hall–Kier alpha value is -1.59. The molecule has 6 heteroatoms. The van der Waals surface area contributed by atoms with E-state index in [-0.39, 0.29) is 5.15 Å². The van der Waals surface area contributed by atoms with Gasteiger partial charge in [-0.25, -0.2) is 8.78 Å². The smallest absolute Gasteiger partial charge is 0.159 e. The Morgan fingerprint density at radius 2 is 1.65 bits per heavy atom. The lowest BCUT2D eigenvalue weighted by Gasteiger charge is -2.06. The minimum absolute atomic E-state index is 0.0623. The Morgan fingerprint density at radius 3 is 2.25 bits per heavy atom. The summed E-state index contributed by atoms with van der Waals surface area (Å²) in [6, 6.07) is 4.13. The standard InChI is InChI=1S/C14H9ClF2N2S/c1-6-3-8(7(2)20-6)13-9-4-11(16)12(17)5-10(9)14(15)19-18-13/h3-5H,1-2H3. The summed E-state index contributed by atoms with van der Waals surface area (Å²) in [6.45, 7) is 3.93. The van der Waals surface area contributed by atoms with Gasteiger partial charge in [0.15, 0.2) is 16.8 Å². The molecule has 0 amide bonds. The molecule has 0 saturated heterocycles. The lowest BCUT2D eigenvalue weighted by molar-refractivity contribution is 0.511. The van der Waals surface area contributed by atoms with E-state index in [1.54, 1.807) is 11.3 Å². The number of halogens is 3. The lowest BCUT2D eigenvalue weighted by Crippen LogP contribution is -1.94. The first kappa shape index (κ1) is 13.4. The molecule has 3 aromatic rings. The summed E-state index contributed by atoms with van der Waals surface area (Å²) >= 11 is 7.54. The maximum atomic E-state index is 13.5. The fourth-order valence-electron chi connectivity index (χ4n) is 2.18. The van der Waals surface area contributed by atoms with Gasteiger partial charge < -0.3 is 0 Å². The Bertz CT molecular complexity index is 830. The number of thiophene rings is 1. The highest BCUT2D eigenvalue weighted by atomic mass is 35.5. The van der Waals surface area contributed by atoms with E-state index < -0.39 is 11.6 Å². The lowest BCUT2D eigenvalue weighted by atomic mass is 10.1. The van der Waals surface area contributed by atoms with Gasteiger partial charge in [-0.15, -0.1) is 21.5 Å². The van der Waals surface area contributed by atoms with E-state index >= 15 is 0 Å². The van der Waals surface area contributed by atoms with Crippen LogP contribution in [-0.2, 0) is 0 Å². The zero-order valence-electron chi connectivity index (χ0n) is 10.7. The Labute approximate surface area is 123 Å². The van der Waals surface area contributed by atoms with Crippen LogP contribution in [0.25, 0.3) is 22.0 Å². The molecule has 0 bridgehead atoms. The van der Waals surface area contributed by atoms with Crippen LogP contribution in [0, 0.1) is 25.5 Å². The van der Waals surface area contributed by atoms with Crippen molar-refractivity contribution in [2.45, 2.75) is 13.8 Å². The maximum Gasteiger partial charge on any atom is 0.159 e. The molecule has 0 aliphatic heterocycles. The average Bonchev–Trinajstić information content (AvgIpc) is 2.71. The van der Waals surface area contributed by atoms with Crippen molar-refractivity contribution in [2.24, 2.45) is 0 Å². The van der Waals surface area contributed by atoms with Gasteiger partial charge in [-0.05, 0) is 32.0 Å². The molecule has 3 rings (SSSR count). The third kappa shape index (κ3) is 2.07. The van der Waals surface area contributed by atoms with Gasteiger partial charge in [0.1, 0.15) is 5.69 Å². The molecule has 2 nitrogen and oxygen atoms in total. The first-order chi connectivity index (χ1) is 9.47. The molecular formula is C14H9ClF2N2S. The number of fused-ring (bicyclic) bond motifs is 1. The molecule has 0 unspecified atom stereocenters. The van der Waals surface area contributed by atoms with Gasteiger partial charge in [0.05, 0.1) is 0 Å². The molecule has 0 fully saturated rings. The molecule has 20 heavy (non-hydrogen) atoms. The van der Waals surface area contributed by atoms with E-state index in [1.165, 1.54) is 0 Å². The first-order valence-corrected chi connectivity index (χ1v) is 7.05. The second-order valence-electron chi connectivity index (χ2n) is 4.48. The Kier molecular flexibility index (Phi) is 3.18. The molecule has 0 aliphatic carbocycles. The summed E-state index contributed by atoms with van der Waals surface area (Å²) in [5.41, 5.74) is 1.39. The number of aromatic nitrogens is 2. The summed E-state index contributed by atoms with van der Waals surface area (Å²) < 4.78 is 26.9. The fourth-order valence-corrected chi connectivity index (χ4v) is 3.30. The predicted molar refractivity (Wildman–Crippen MR) is 77.3 cm³/mol. The molecule has 0 N–H and O–H groups in total. The van der Waals surface area contributed by atoms with Crippen molar-refractivity contribution in [1.29, 1.82) is 0 Å².